The number of hydrogen-bond acceptors (Lipinski definition) is 5. The fourth-order valence-corrected chi connectivity index (χ4v) is 2.70. The van der Waals surface area contributed by atoms with Crippen LogP contribution >= 0.6 is 0 Å². The molecule has 20 heavy (non-hydrogen) atoms. The lowest BCUT2D eigenvalue weighted by molar-refractivity contribution is -0.140. The second-order valence-electron chi connectivity index (χ2n) is 4.38. The second kappa shape index (κ2) is 7.86. The average molecular weight is 300 g/mol. The molecule has 0 aliphatic carbocycles. The molecule has 7 heteroatoms. The minimum Gasteiger partial charge on any atom is -0.469 e. The molecule has 0 atom stereocenters. The molecule has 112 valence electrons. The highest BCUT2D eigenvalue weighted by Crippen LogP contribution is 2.05. The summed E-state index contributed by atoms with van der Waals surface area (Å²) in [5.74, 6) is -0.480. The topological polar surface area (TPSA) is 98.5 Å². The van der Waals surface area contributed by atoms with E-state index in [1.54, 1.807) is 12.1 Å². The van der Waals surface area contributed by atoms with Crippen molar-refractivity contribution in [1.29, 1.82) is 0 Å². The zero-order valence-electron chi connectivity index (χ0n) is 11.5. The summed E-state index contributed by atoms with van der Waals surface area (Å²) in [5, 5.41) is 0. The first-order chi connectivity index (χ1) is 9.43. The number of nitrogens with two attached hydrogens (primary N) is 1. The van der Waals surface area contributed by atoms with Crippen LogP contribution in [0.2, 0.25) is 0 Å². The van der Waals surface area contributed by atoms with Crippen LogP contribution in [0.3, 0.4) is 0 Å². The number of carbonyl (C=O) groups excluding carboxylic acids is 1. The number of ether oxygens (including phenoxy) is 1. The maximum Gasteiger partial charge on any atom is 0.305 e. The number of nitrogen functional groups attached to an aromatic ring is 1. The lowest BCUT2D eigenvalue weighted by atomic mass is 10.1. The third kappa shape index (κ3) is 6.53. The van der Waals surface area contributed by atoms with Crippen molar-refractivity contribution in [2.45, 2.75) is 19.3 Å². The smallest absolute Gasteiger partial charge is 0.305 e. The van der Waals surface area contributed by atoms with E-state index in [0.717, 1.165) is 5.56 Å². The van der Waals surface area contributed by atoms with Gasteiger partial charge in [-0.1, -0.05) is 12.1 Å². The SMILES string of the molecule is COC(=O)CCCS(=O)(=O)NCCc1ccc(N)cc1. The fourth-order valence-electron chi connectivity index (χ4n) is 1.62. The molecule has 0 saturated carbocycles. The Hall–Kier alpha value is -1.60. The summed E-state index contributed by atoms with van der Waals surface area (Å²) < 4.78 is 30.3. The molecule has 0 spiro atoms. The van der Waals surface area contributed by atoms with Crippen LogP contribution in [0.5, 0.6) is 0 Å². The molecule has 0 bridgehead atoms. The Bertz CT molecular complexity index is 526. The monoisotopic (exact) mass is 300 g/mol. The van der Waals surface area contributed by atoms with Crippen LogP contribution in [0.15, 0.2) is 24.3 Å². The minimum atomic E-state index is -3.35. The molecule has 0 fully saturated rings. The van der Waals surface area contributed by atoms with Crippen molar-refractivity contribution in [2.75, 3.05) is 25.1 Å². The molecule has 0 saturated heterocycles. The van der Waals surface area contributed by atoms with E-state index in [0.29, 0.717) is 18.7 Å². The highest BCUT2D eigenvalue weighted by atomic mass is 32.2. The van der Waals surface area contributed by atoms with Gasteiger partial charge in [0, 0.05) is 18.7 Å². The van der Waals surface area contributed by atoms with Crippen molar-refractivity contribution in [1.82, 2.24) is 4.72 Å². The first kappa shape index (κ1) is 16.5. The summed E-state index contributed by atoms with van der Waals surface area (Å²) in [6.45, 7) is 0.324. The molecule has 1 aromatic rings. The Labute approximate surface area is 119 Å². The summed E-state index contributed by atoms with van der Waals surface area (Å²) in [7, 11) is -2.07. The molecular formula is C13H20N2O4S. The molecule has 0 radical (unpaired) electrons. The van der Waals surface area contributed by atoms with E-state index in [-0.39, 0.29) is 18.6 Å². The number of hydrogen-bond donors (Lipinski definition) is 2. The van der Waals surface area contributed by atoms with Gasteiger partial charge in [0.1, 0.15) is 0 Å². The molecule has 0 amide bonds. The van der Waals surface area contributed by atoms with Gasteiger partial charge >= 0.3 is 5.97 Å². The van der Waals surface area contributed by atoms with Crippen LogP contribution in [0.25, 0.3) is 0 Å². The number of benzene rings is 1. The first-order valence-corrected chi connectivity index (χ1v) is 7.97. The van der Waals surface area contributed by atoms with Gasteiger partial charge in [-0.3, -0.25) is 4.79 Å². The Morgan fingerprint density at radius 1 is 1.30 bits per heavy atom. The van der Waals surface area contributed by atoms with Crippen LogP contribution in [0, 0.1) is 0 Å². The zero-order valence-corrected chi connectivity index (χ0v) is 12.3. The van der Waals surface area contributed by atoms with Crippen molar-refractivity contribution in [3.63, 3.8) is 0 Å². The Balaban J connectivity index is 2.29. The third-order valence-corrected chi connectivity index (χ3v) is 4.21. The van der Waals surface area contributed by atoms with Crippen molar-refractivity contribution in [3.8, 4) is 0 Å². The molecule has 1 rings (SSSR count). The molecule has 3 N–H and O–H groups in total. The van der Waals surface area contributed by atoms with Crippen molar-refractivity contribution in [2.24, 2.45) is 0 Å². The van der Waals surface area contributed by atoms with Crippen molar-refractivity contribution >= 4 is 21.7 Å². The van der Waals surface area contributed by atoms with Gasteiger partial charge in [0.2, 0.25) is 10.0 Å². The summed E-state index contributed by atoms with van der Waals surface area (Å²) in [6.07, 6.45) is 0.954. The molecule has 6 nitrogen and oxygen atoms in total. The van der Waals surface area contributed by atoms with Gasteiger partial charge in [0.05, 0.1) is 12.9 Å². The predicted octanol–water partition coefficient (Wildman–Crippen LogP) is 0.684. The van der Waals surface area contributed by atoms with Gasteiger partial charge in [0.25, 0.3) is 0 Å². The summed E-state index contributed by atoms with van der Waals surface area (Å²) in [4.78, 5) is 10.9. The first-order valence-electron chi connectivity index (χ1n) is 6.31. The quantitative estimate of drug-likeness (QED) is 0.543. The zero-order chi connectivity index (χ0) is 15.0. The normalized spacial score (nSPS) is 11.2. The van der Waals surface area contributed by atoms with Gasteiger partial charge in [0.15, 0.2) is 0 Å². The molecular weight excluding hydrogens is 280 g/mol. The second-order valence-corrected chi connectivity index (χ2v) is 6.31. The van der Waals surface area contributed by atoms with Gasteiger partial charge in [-0.2, -0.15) is 0 Å². The summed E-state index contributed by atoms with van der Waals surface area (Å²) in [6, 6.07) is 7.28. The average Bonchev–Trinajstić information content (AvgIpc) is 2.40. The van der Waals surface area contributed by atoms with Crippen LogP contribution in [-0.2, 0) is 26.0 Å². The fraction of sp³-hybridized carbons (Fsp3) is 0.462. The molecule has 0 aromatic heterocycles. The van der Waals surface area contributed by atoms with Crippen LogP contribution < -0.4 is 10.5 Å². The summed E-state index contributed by atoms with van der Waals surface area (Å²) in [5.41, 5.74) is 7.25. The van der Waals surface area contributed by atoms with Gasteiger partial charge < -0.3 is 10.5 Å². The van der Waals surface area contributed by atoms with Gasteiger partial charge in [-0.15, -0.1) is 0 Å². The number of methoxy groups -OCH3 is 1. The van der Waals surface area contributed by atoms with Crippen molar-refractivity contribution in [3.05, 3.63) is 29.8 Å². The van der Waals surface area contributed by atoms with E-state index in [1.165, 1.54) is 7.11 Å². The van der Waals surface area contributed by atoms with Gasteiger partial charge in [-0.05, 0) is 30.5 Å². The van der Waals surface area contributed by atoms with Crippen LogP contribution in [-0.4, -0.2) is 33.8 Å². The highest BCUT2D eigenvalue weighted by molar-refractivity contribution is 7.89. The van der Waals surface area contributed by atoms with E-state index in [9.17, 15) is 13.2 Å². The van der Waals surface area contributed by atoms with E-state index in [1.807, 2.05) is 12.1 Å². The van der Waals surface area contributed by atoms with E-state index in [2.05, 4.69) is 9.46 Å². The highest BCUT2D eigenvalue weighted by Gasteiger charge is 2.11. The largest absolute Gasteiger partial charge is 0.469 e. The molecule has 0 heterocycles. The maximum absolute atomic E-state index is 11.7. The van der Waals surface area contributed by atoms with Gasteiger partial charge in [-0.25, -0.2) is 13.1 Å². The number of esters is 1. The number of nitrogens with one attached hydrogen (secondary N) is 1. The standard InChI is InChI=1S/C13H20N2O4S/c1-19-13(16)3-2-10-20(17,18)15-9-8-11-4-6-12(14)7-5-11/h4-7,15H,2-3,8-10,14H2,1H3. The van der Waals surface area contributed by atoms with E-state index >= 15 is 0 Å². The number of rotatable bonds is 8. The van der Waals surface area contributed by atoms with E-state index in [4.69, 9.17) is 5.73 Å². The molecule has 0 aliphatic heterocycles. The third-order valence-electron chi connectivity index (χ3n) is 2.74. The van der Waals surface area contributed by atoms with Crippen LogP contribution in [0.1, 0.15) is 18.4 Å². The Morgan fingerprint density at radius 2 is 1.95 bits per heavy atom. The molecule has 0 aliphatic rings. The Kier molecular flexibility index (Phi) is 6.47. The number of anilines is 1. The molecule has 1 aromatic carbocycles. The van der Waals surface area contributed by atoms with Crippen LogP contribution in [0.4, 0.5) is 5.69 Å². The molecule has 0 unspecified atom stereocenters. The van der Waals surface area contributed by atoms with Crippen molar-refractivity contribution < 1.29 is 17.9 Å². The number of sulfonamides is 1. The lowest BCUT2D eigenvalue weighted by Crippen LogP contribution is -2.28. The summed E-state index contributed by atoms with van der Waals surface area (Å²) >= 11 is 0. The minimum absolute atomic E-state index is 0.0795. The predicted molar refractivity (Wildman–Crippen MR) is 77.6 cm³/mol. The lowest BCUT2D eigenvalue weighted by Gasteiger charge is -2.06. The van der Waals surface area contributed by atoms with E-state index < -0.39 is 16.0 Å². The maximum atomic E-state index is 11.7. The Morgan fingerprint density at radius 3 is 2.55 bits per heavy atom. The number of carbonyl (C=O) groups is 1.